The van der Waals surface area contributed by atoms with E-state index in [1.165, 1.54) is 11.5 Å². The Balaban J connectivity index is 2.43. The van der Waals surface area contributed by atoms with E-state index in [-0.39, 0.29) is 6.04 Å². The van der Waals surface area contributed by atoms with Crippen LogP contribution in [0.3, 0.4) is 0 Å². The molecule has 1 N–H and O–H groups in total. The fraction of sp³-hybridized carbons (Fsp3) is 0.643. The highest BCUT2D eigenvalue weighted by Crippen LogP contribution is 2.32. The quantitative estimate of drug-likeness (QED) is 0.806. The van der Waals surface area contributed by atoms with E-state index in [0.717, 1.165) is 48.6 Å². The van der Waals surface area contributed by atoms with Gasteiger partial charge in [0.05, 0.1) is 33.5 Å². The topological polar surface area (TPSA) is 55.6 Å². The van der Waals surface area contributed by atoms with Crippen LogP contribution in [0.15, 0.2) is 6.20 Å². The summed E-state index contributed by atoms with van der Waals surface area (Å²) in [4.78, 5) is 1.14. The Bertz CT molecular complexity index is 565. The number of hydrogen-bond donors (Lipinski definition) is 1. The Labute approximate surface area is 134 Å². The molecule has 0 amide bonds. The van der Waals surface area contributed by atoms with E-state index in [2.05, 4.69) is 40.8 Å². The van der Waals surface area contributed by atoms with Crippen LogP contribution in [-0.4, -0.2) is 25.9 Å². The highest BCUT2D eigenvalue weighted by atomic mass is 35.5. The predicted molar refractivity (Wildman–Crippen MR) is 87.0 cm³/mol. The minimum Gasteiger partial charge on any atom is -0.304 e. The van der Waals surface area contributed by atoms with Gasteiger partial charge in [-0.15, -0.1) is 5.10 Å². The molecule has 0 aliphatic carbocycles. The number of rotatable bonds is 8. The van der Waals surface area contributed by atoms with Crippen molar-refractivity contribution in [3.63, 3.8) is 0 Å². The molecule has 2 aromatic rings. The molecule has 0 fully saturated rings. The first-order chi connectivity index (χ1) is 10.2. The van der Waals surface area contributed by atoms with Crippen molar-refractivity contribution >= 4 is 23.1 Å². The zero-order valence-corrected chi connectivity index (χ0v) is 14.3. The average Bonchev–Trinajstić information content (AvgIpc) is 3.09. The first-order valence-corrected chi connectivity index (χ1v) is 8.63. The number of aromatic nitrogens is 4. The van der Waals surface area contributed by atoms with Gasteiger partial charge in [-0.1, -0.05) is 36.9 Å². The van der Waals surface area contributed by atoms with Crippen molar-refractivity contribution in [3.8, 4) is 0 Å². The van der Waals surface area contributed by atoms with Gasteiger partial charge >= 0.3 is 0 Å². The SMILES string of the molecule is CCCNC(c1snnc1CC)c1c(Cl)cnn1CCC. The number of nitrogens with one attached hydrogen (secondary N) is 1. The van der Waals surface area contributed by atoms with Crippen molar-refractivity contribution in [2.75, 3.05) is 6.54 Å². The molecule has 0 saturated carbocycles. The molecule has 0 spiro atoms. The van der Waals surface area contributed by atoms with E-state index >= 15 is 0 Å². The highest BCUT2D eigenvalue weighted by molar-refractivity contribution is 7.05. The van der Waals surface area contributed by atoms with Crippen LogP contribution < -0.4 is 5.32 Å². The van der Waals surface area contributed by atoms with Crippen molar-refractivity contribution in [2.24, 2.45) is 0 Å². The van der Waals surface area contributed by atoms with E-state index < -0.39 is 0 Å². The van der Waals surface area contributed by atoms with Gasteiger partial charge in [0.2, 0.25) is 0 Å². The summed E-state index contributed by atoms with van der Waals surface area (Å²) in [6, 6.07) is 0.0152. The van der Waals surface area contributed by atoms with E-state index in [1.807, 2.05) is 4.68 Å². The Morgan fingerprint density at radius 2 is 2.14 bits per heavy atom. The number of nitrogens with zero attached hydrogens (tertiary/aromatic N) is 4. The normalized spacial score (nSPS) is 12.8. The van der Waals surface area contributed by atoms with Crippen molar-refractivity contribution in [1.29, 1.82) is 0 Å². The first-order valence-electron chi connectivity index (χ1n) is 7.48. The van der Waals surface area contributed by atoms with Gasteiger partial charge < -0.3 is 5.32 Å². The number of halogens is 1. The van der Waals surface area contributed by atoms with Crippen molar-refractivity contribution in [1.82, 2.24) is 24.7 Å². The average molecular weight is 328 g/mol. The minimum atomic E-state index is 0.0152. The summed E-state index contributed by atoms with van der Waals surface area (Å²) in [5.41, 5.74) is 2.06. The van der Waals surface area contributed by atoms with E-state index in [4.69, 9.17) is 11.6 Å². The first kappa shape index (κ1) is 16.4. The molecule has 0 aromatic carbocycles. The molecular weight excluding hydrogens is 306 g/mol. The Hall–Kier alpha value is -0.980. The van der Waals surface area contributed by atoms with Crippen LogP contribution >= 0.6 is 23.1 Å². The molecule has 7 heteroatoms. The van der Waals surface area contributed by atoms with Crippen molar-refractivity contribution in [2.45, 2.75) is 52.6 Å². The third-order valence-electron chi connectivity index (χ3n) is 3.32. The smallest absolute Gasteiger partial charge is 0.0892 e. The molecule has 5 nitrogen and oxygen atoms in total. The fourth-order valence-corrected chi connectivity index (χ4v) is 3.40. The van der Waals surface area contributed by atoms with Gasteiger partial charge in [-0.2, -0.15) is 5.10 Å². The van der Waals surface area contributed by atoms with Crippen LogP contribution in [-0.2, 0) is 13.0 Å². The lowest BCUT2D eigenvalue weighted by atomic mass is 10.1. The Morgan fingerprint density at radius 3 is 2.81 bits per heavy atom. The maximum absolute atomic E-state index is 6.41. The molecule has 2 aromatic heterocycles. The monoisotopic (exact) mass is 327 g/mol. The molecule has 0 aliphatic rings. The number of aryl methyl sites for hydroxylation is 2. The van der Waals surface area contributed by atoms with Crippen LogP contribution in [0, 0.1) is 0 Å². The zero-order chi connectivity index (χ0) is 15.2. The minimum absolute atomic E-state index is 0.0152. The van der Waals surface area contributed by atoms with Crippen LogP contribution in [0.2, 0.25) is 5.02 Å². The van der Waals surface area contributed by atoms with Crippen LogP contribution in [0.1, 0.15) is 55.9 Å². The Morgan fingerprint density at radius 1 is 1.33 bits per heavy atom. The maximum Gasteiger partial charge on any atom is 0.0892 e. The summed E-state index contributed by atoms with van der Waals surface area (Å²) < 4.78 is 6.11. The van der Waals surface area contributed by atoms with Crippen molar-refractivity contribution < 1.29 is 0 Å². The van der Waals surface area contributed by atoms with Gasteiger partial charge in [-0.05, 0) is 37.3 Å². The summed E-state index contributed by atoms with van der Waals surface area (Å²) in [7, 11) is 0. The second-order valence-corrected chi connectivity index (χ2v) is 6.12. The fourth-order valence-electron chi connectivity index (χ4n) is 2.33. The lowest BCUT2D eigenvalue weighted by molar-refractivity contribution is 0.513. The summed E-state index contributed by atoms with van der Waals surface area (Å²) >= 11 is 7.85. The zero-order valence-electron chi connectivity index (χ0n) is 12.8. The van der Waals surface area contributed by atoms with Gasteiger partial charge in [0.25, 0.3) is 0 Å². The molecule has 0 saturated heterocycles. The lowest BCUT2D eigenvalue weighted by Crippen LogP contribution is -2.26. The largest absolute Gasteiger partial charge is 0.304 e. The van der Waals surface area contributed by atoms with Crippen molar-refractivity contribution in [3.05, 3.63) is 27.5 Å². The molecule has 1 atom stereocenters. The predicted octanol–water partition coefficient (Wildman–Crippen LogP) is 3.45. The highest BCUT2D eigenvalue weighted by Gasteiger charge is 2.25. The molecule has 0 radical (unpaired) electrons. The summed E-state index contributed by atoms with van der Waals surface area (Å²) in [6.45, 7) is 8.17. The summed E-state index contributed by atoms with van der Waals surface area (Å²) in [5.74, 6) is 0. The molecule has 116 valence electrons. The van der Waals surface area contributed by atoms with Gasteiger partial charge in [0.1, 0.15) is 0 Å². The molecule has 2 rings (SSSR count). The van der Waals surface area contributed by atoms with E-state index in [9.17, 15) is 0 Å². The standard InChI is InChI=1S/C14H22ClN5S/c1-4-7-16-12(14-11(6-3)18-19-21-14)13-10(15)9-17-20(13)8-5-2/h9,12,16H,4-8H2,1-3H3. The maximum atomic E-state index is 6.41. The van der Waals surface area contributed by atoms with Crippen LogP contribution in [0.5, 0.6) is 0 Å². The van der Waals surface area contributed by atoms with Gasteiger partial charge in [-0.25, -0.2) is 0 Å². The third-order valence-corrected chi connectivity index (χ3v) is 4.45. The summed E-state index contributed by atoms with van der Waals surface area (Å²) in [6.07, 6.45) is 4.68. The van der Waals surface area contributed by atoms with Crippen LogP contribution in [0.25, 0.3) is 0 Å². The van der Waals surface area contributed by atoms with Gasteiger partial charge in [-0.3, -0.25) is 4.68 Å². The van der Waals surface area contributed by atoms with E-state index in [1.54, 1.807) is 6.20 Å². The van der Waals surface area contributed by atoms with Gasteiger partial charge in [0, 0.05) is 6.54 Å². The molecule has 0 aliphatic heterocycles. The molecule has 2 heterocycles. The lowest BCUT2D eigenvalue weighted by Gasteiger charge is -2.19. The number of hydrogen-bond acceptors (Lipinski definition) is 5. The molecule has 0 bridgehead atoms. The van der Waals surface area contributed by atoms with E-state index in [0.29, 0.717) is 5.02 Å². The molecule has 1 unspecified atom stereocenters. The second-order valence-electron chi connectivity index (χ2n) is 4.93. The van der Waals surface area contributed by atoms with Gasteiger partial charge in [0.15, 0.2) is 0 Å². The molecule has 21 heavy (non-hydrogen) atoms. The Kier molecular flexibility index (Phi) is 6.14. The second kappa shape index (κ2) is 7.87. The molecular formula is C14H22ClN5S. The van der Waals surface area contributed by atoms with Crippen LogP contribution in [0.4, 0.5) is 0 Å². The third kappa shape index (κ3) is 3.62. The summed E-state index contributed by atoms with van der Waals surface area (Å²) in [5, 5.41) is 12.9.